The second-order valence-electron chi connectivity index (χ2n) is 6.67. The third-order valence-corrected chi connectivity index (χ3v) is 4.96. The summed E-state index contributed by atoms with van der Waals surface area (Å²) in [5.74, 6) is 0. The van der Waals surface area contributed by atoms with Gasteiger partial charge in [-0.25, -0.2) is 0 Å². The minimum atomic E-state index is 0.676. The zero-order chi connectivity index (χ0) is 17.2. The molecule has 0 radical (unpaired) electrons. The Morgan fingerprint density at radius 2 is 1.92 bits per heavy atom. The summed E-state index contributed by atoms with van der Waals surface area (Å²) < 4.78 is 4.00. The summed E-state index contributed by atoms with van der Waals surface area (Å²) in [6, 6.07) is 9.84. The van der Waals surface area contributed by atoms with Gasteiger partial charge in [0.25, 0.3) is 0 Å². The van der Waals surface area contributed by atoms with Gasteiger partial charge < -0.3 is 9.30 Å². The predicted molar refractivity (Wildman–Crippen MR) is 97.9 cm³/mol. The maximum absolute atomic E-state index is 11.5. The van der Waals surface area contributed by atoms with Crippen LogP contribution in [0.3, 0.4) is 0 Å². The molecule has 0 saturated carbocycles. The molecule has 1 aliphatic rings. The van der Waals surface area contributed by atoms with Crippen LogP contribution < -0.4 is 0 Å². The second kappa shape index (κ2) is 6.82. The van der Waals surface area contributed by atoms with Crippen molar-refractivity contribution >= 4 is 11.8 Å². The molecule has 6 nitrogen and oxygen atoms in total. The Morgan fingerprint density at radius 1 is 1.08 bits per heavy atom. The highest BCUT2D eigenvalue weighted by molar-refractivity contribution is 5.89. The van der Waals surface area contributed by atoms with E-state index >= 15 is 0 Å². The minimum Gasteiger partial charge on any atom is -0.314 e. The number of carbonyl (C=O) groups is 1. The van der Waals surface area contributed by atoms with Crippen LogP contribution in [0.1, 0.15) is 10.4 Å². The monoisotopic (exact) mass is 337 g/mol. The molecule has 1 aliphatic heterocycles. The van der Waals surface area contributed by atoms with Crippen LogP contribution in [0, 0.1) is 0 Å². The summed E-state index contributed by atoms with van der Waals surface area (Å²) in [7, 11) is 2.17. The summed E-state index contributed by atoms with van der Waals surface area (Å²) in [5.41, 5.74) is 3.39. The summed E-state index contributed by atoms with van der Waals surface area (Å²) >= 11 is 0. The third-order valence-electron chi connectivity index (χ3n) is 4.96. The number of fused-ring (bicyclic) bond motifs is 1. The lowest BCUT2D eigenvalue weighted by Crippen LogP contribution is -2.45. The molecule has 0 N–H and O–H groups in total. The van der Waals surface area contributed by atoms with Crippen molar-refractivity contribution in [2.24, 2.45) is 0 Å². The standard InChI is InChI=1S/C19H23N5O/c1-21-8-10-22(11-9-21)12-13-23-7-5-18(20-23)19-16(15-25)14-17-4-2-3-6-24(17)19/h2-7,14-15H,8-13H2,1H3. The Bertz CT molecular complexity index is 873. The van der Waals surface area contributed by atoms with E-state index < -0.39 is 0 Å². The molecule has 4 rings (SSSR count). The molecule has 3 aromatic heterocycles. The molecule has 1 saturated heterocycles. The Hall–Kier alpha value is -2.44. The van der Waals surface area contributed by atoms with Gasteiger partial charge in [-0.05, 0) is 31.3 Å². The minimum absolute atomic E-state index is 0.676. The number of hydrogen-bond donors (Lipinski definition) is 0. The summed E-state index contributed by atoms with van der Waals surface area (Å²) in [6.45, 7) is 6.35. The Morgan fingerprint density at radius 3 is 2.72 bits per heavy atom. The van der Waals surface area contributed by atoms with Crippen LogP contribution in [0.15, 0.2) is 42.7 Å². The van der Waals surface area contributed by atoms with Crippen molar-refractivity contribution in [3.8, 4) is 11.4 Å². The summed E-state index contributed by atoms with van der Waals surface area (Å²) in [5, 5.41) is 4.71. The largest absolute Gasteiger partial charge is 0.314 e. The number of aromatic nitrogens is 3. The molecule has 0 spiro atoms. The number of rotatable bonds is 5. The van der Waals surface area contributed by atoms with E-state index in [0.29, 0.717) is 5.56 Å². The average molecular weight is 337 g/mol. The van der Waals surface area contributed by atoms with Crippen molar-refractivity contribution in [1.29, 1.82) is 0 Å². The molecule has 0 bridgehead atoms. The lowest BCUT2D eigenvalue weighted by Gasteiger charge is -2.32. The zero-order valence-corrected chi connectivity index (χ0v) is 14.5. The van der Waals surface area contributed by atoms with Crippen LogP contribution in [-0.2, 0) is 6.54 Å². The number of carbonyl (C=O) groups excluding carboxylic acids is 1. The number of pyridine rings is 1. The van der Waals surface area contributed by atoms with E-state index in [1.54, 1.807) is 0 Å². The second-order valence-corrected chi connectivity index (χ2v) is 6.67. The van der Waals surface area contributed by atoms with Gasteiger partial charge in [0.2, 0.25) is 0 Å². The topological polar surface area (TPSA) is 45.8 Å². The highest BCUT2D eigenvalue weighted by Gasteiger charge is 2.16. The van der Waals surface area contributed by atoms with Crippen LogP contribution in [0.4, 0.5) is 0 Å². The SMILES string of the molecule is CN1CCN(CCn2ccc(-c3c(C=O)cc4ccccn34)n2)CC1. The fourth-order valence-electron chi connectivity index (χ4n) is 3.43. The third kappa shape index (κ3) is 3.23. The van der Waals surface area contributed by atoms with E-state index in [-0.39, 0.29) is 0 Å². The van der Waals surface area contributed by atoms with Gasteiger partial charge in [-0.1, -0.05) is 6.07 Å². The van der Waals surface area contributed by atoms with Gasteiger partial charge in [0.1, 0.15) is 5.69 Å². The number of piperazine rings is 1. The van der Waals surface area contributed by atoms with Crippen LogP contribution in [0.25, 0.3) is 16.9 Å². The van der Waals surface area contributed by atoms with Gasteiger partial charge in [0.05, 0.1) is 12.2 Å². The van der Waals surface area contributed by atoms with Crippen molar-refractivity contribution in [2.45, 2.75) is 6.54 Å². The van der Waals surface area contributed by atoms with Crippen LogP contribution in [0.2, 0.25) is 0 Å². The van der Waals surface area contributed by atoms with Gasteiger partial charge in [0, 0.05) is 56.2 Å². The van der Waals surface area contributed by atoms with Crippen molar-refractivity contribution in [3.63, 3.8) is 0 Å². The van der Waals surface area contributed by atoms with Gasteiger partial charge in [-0.3, -0.25) is 14.4 Å². The van der Waals surface area contributed by atoms with E-state index in [1.807, 2.05) is 51.8 Å². The van der Waals surface area contributed by atoms with E-state index in [9.17, 15) is 4.79 Å². The highest BCUT2D eigenvalue weighted by Crippen LogP contribution is 2.25. The Kier molecular flexibility index (Phi) is 4.38. The predicted octanol–water partition coefficient (Wildman–Crippen LogP) is 1.86. The van der Waals surface area contributed by atoms with Crippen molar-refractivity contribution < 1.29 is 4.79 Å². The normalized spacial score (nSPS) is 16.5. The molecular formula is C19H23N5O. The lowest BCUT2D eigenvalue weighted by atomic mass is 10.2. The van der Waals surface area contributed by atoms with Crippen molar-refractivity contribution in [2.75, 3.05) is 39.8 Å². The maximum atomic E-state index is 11.5. The van der Waals surface area contributed by atoms with E-state index in [1.165, 1.54) is 0 Å². The van der Waals surface area contributed by atoms with Crippen molar-refractivity contribution in [3.05, 3.63) is 48.3 Å². The molecular weight excluding hydrogens is 314 g/mol. The first-order valence-electron chi connectivity index (χ1n) is 8.74. The first kappa shape index (κ1) is 16.1. The van der Waals surface area contributed by atoms with Gasteiger partial charge in [-0.15, -0.1) is 0 Å². The molecule has 0 aliphatic carbocycles. The number of likely N-dealkylation sites (N-methyl/N-ethyl adjacent to an activating group) is 1. The average Bonchev–Trinajstić information content (AvgIpc) is 3.24. The molecule has 0 unspecified atom stereocenters. The molecule has 4 heterocycles. The fourth-order valence-corrected chi connectivity index (χ4v) is 3.43. The quantitative estimate of drug-likeness (QED) is 0.667. The van der Waals surface area contributed by atoms with Crippen LogP contribution in [-0.4, -0.2) is 70.0 Å². The zero-order valence-electron chi connectivity index (χ0n) is 14.5. The first-order valence-corrected chi connectivity index (χ1v) is 8.74. The molecule has 130 valence electrons. The maximum Gasteiger partial charge on any atom is 0.152 e. The Balaban J connectivity index is 1.52. The summed E-state index contributed by atoms with van der Waals surface area (Å²) in [4.78, 5) is 16.3. The van der Waals surface area contributed by atoms with E-state index in [0.717, 1.165) is 62.5 Å². The smallest absolute Gasteiger partial charge is 0.152 e. The fraction of sp³-hybridized carbons (Fsp3) is 0.368. The number of hydrogen-bond acceptors (Lipinski definition) is 4. The van der Waals surface area contributed by atoms with E-state index in [4.69, 9.17) is 5.10 Å². The molecule has 25 heavy (non-hydrogen) atoms. The van der Waals surface area contributed by atoms with E-state index in [2.05, 4.69) is 16.8 Å². The summed E-state index contributed by atoms with van der Waals surface area (Å²) in [6.07, 6.45) is 4.88. The van der Waals surface area contributed by atoms with Crippen LogP contribution >= 0.6 is 0 Å². The molecule has 0 amide bonds. The van der Waals surface area contributed by atoms with Gasteiger partial charge in [-0.2, -0.15) is 5.10 Å². The van der Waals surface area contributed by atoms with Gasteiger partial charge >= 0.3 is 0 Å². The molecule has 1 fully saturated rings. The highest BCUT2D eigenvalue weighted by atomic mass is 16.1. The molecule has 0 aromatic carbocycles. The van der Waals surface area contributed by atoms with Crippen LogP contribution in [0.5, 0.6) is 0 Å². The van der Waals surface area contributed by atoms with Crippen molar-refractivity contribution in [1.82, 2.24) is 24.0 Å². The number of nitrogens with zero attached hydrogens (tertiary/aromatic N) is 5. The molecule has 3 aromatic rings. The molecule has 0 atom stereocenters. The Labute approximate surface area is 147 Å². The number of aldehydes is 1. The van der Waals surface area contributed by atoms with Gasteiger partial charge in [0.15, 0.2) is 6.29 Å². The molecule has 6 heteroatoms. The lowest BCUT2D eigenvalue weighted by molar-refractivity contribution is 0.112. The first-order chi connectivity index (χ1) is 12.2.